The Morgan fingerprint density at radius 1 is 1.19 bits per heavy atom. The van der Waals surface area contributed by atoms with Crippen molar-refractivity contribution >= 4 is 32.7 Å². The van der Waals surface area contributed by atoms with Gasteiger partial charge in [-0.3, -0.25) is 5.10 Å². The van der Waals surface area contributed by atoms with Gasteiger partial charge in [0.15, 0.2) is 11.6 Å². The molecule has 0 aliphatic carbocycles. The number of rotatable bonds is 3. The van der Waals surface area contributed by atoms with E-state index in [1.807, 2.05) is 39.8 Å². The number of likely N-dealkylation sites (tertiary alicyclic amines) is 1. The number of ether oxygens (including phenoxy) is 1. The fourth-order valence-electron chi connectivity index (χ4n) is 4.99. The summed E-state index contributed by atoms with van der Waals surface area (Å²) < 4.78 is 46.5. The van der Waals surface area contributed by atoms with Gasteiger partial charge in [0.2, 0.25) is 15.0 Å². The molecule has 2 fully saturated rings. The minimum atomic E-state index is -3.82. The minimum Gasteiger partial charge on any atom is -0.444 e. The molecular weight excluding hydrogens is 487 g/mol. The second kappa shape index (κ2) is 8.12. The van der Waals surface area contributed by atoms with Crippen LogP contribution in [0.1, 0.15) is 32.8 Å². The van der Waals surface area contributed by atoms with Crippen molar-refractivity contribution in [2.45, 2.75) is 44.9 Å². The van der Waals surface area contributed by atoms with E-state index in [1.165, 1.54) is 0 Å². The first-order chi connectivity index (χ1) is 16.8. The van der Waals surface area contributed by atoms with Gasteiger partial charge in [0, 0.05) is 48.8 Å². The number of sulfone groups is 1. The molecule has 3 aromatic rings. The Morgan fingerprint density at radius 3 is 2.58 bits per heavy atom. The van der Waals surface area contributed by atoms with E-state index >= 15 is 4.39 Å². The minimum absolute atomic E-state index is 0.0482. The van der Waals surface area contributed by atoms with Crippen LogP contribution in [0.2, 0.25) is 0 Å². The van der Waals surface area contributed by atoms with Crippen molar-refractivity contribution in [1.82, 2.24) is 25.1 Å². The third kappa shape index (κ3) is 4.27. The smallest absolute Gasteiger partial charge is 0.410 e. The molecule has 0 bridgehead atoms. The van der Waals surface area contributed by atoms with Crippen LogP contribution in [0.3, 0.4) is 0 Å². The Kier molecular flexibility index (Phi) is 5.51. The lowest BCUT2D eigenvalue weighted by Crippen LogP contribution is -2.60. The Hall–Kier alpha value is -3.28. The fourth-order valence-corrected chi connectivity index (χ4v) is 5.50. The summed E-state index contributed by atoms with van der Waals surface area (Å²) in [5.41, 5.74) is 1.01. The van der Waals surface area contributed by atoms with Gasteiger partial charge in [0.05, 0.1) is 11.7 Å². The first-order valence-electron chi connectivity index (χ1n) is 11.7. The van der Waals surface area contributed by atoms with Gasteiger partial charge in [-0.25, -0.2) is 22.6 Å². The van der Waals surface area contributed by atoms with E-state index in [1.54, 1.807) is 16.0 Å². The van der Waals surface area contributed by atoms with Crippen LogP contribution in [0, 0.1) is 18.2 Å². The number of amides is 1. The van der Waals surface area contributed by atoms with E-state index in [9.17, 15) is 13.2 Å². The number of carbonyl (C=O) groups is 1. The molecule has 192 valence electrons. The third-order valence-corrected chi connectivity index (χ3v) is 7.50. The number of carbonyl (C=O) groups excluding carboxylic acids is 1. The molecule has 1 amide bonds. The summed E-state index contributed by atoms with van der Waals surface area (Å²) in [7, 11) is -3.82. The zero-order chi connectivity index (χ0) is 26.0. The summed E-state index contributed by atoms with van der Waals surface area (Å²) in [6, 6.07) is 3.64. The zero-order valence-corrected chi connectivity index (χ0v) is 21.7. The second-order valence-corrected chi connectivity index (χ2v) is 12.8. The lowest BCUT2D eigenvalue weighted by Gasteiger charge is -2.47. The van der Waals surface area contributed by atoms with Crippen LogP contribution >= 0.6 is 0 Å². The molecule has 2 aliphatic rings. The number of hydrogen-bond donors (Lipinski definition) is 1. The molecular formula is C24H29FN6O4S. The highest BCUT2D eigenvalue weighted by atomic mass is 32.2. The van der Waals surface area contributed by atoms with Crippen LogP contribution in [-0.4, -0.2) is 77.6 Å². The third-order valence-electron chi connectivity index (χ3n) is 6.66. The van der Waals surface area contributed by atoms with E-state index in [0.29, 0.717) is 42.6 Å². The molecule has 1 spiro atoms. The van der Waals surface area contributed by atoms with Crippen LogP contribution < -0.4 is 4.90 Å². The van der Waals surface area contributed by atoms with E-state index < -0.39 is 26.4 Å². The maximum Gasteiger partial charge on any atom is 0.410 e. The number of aromatic amines is 1. The SMILES string of the molecule is Cc1ccc2[nH]ncc2c1-c1nc(S(C)(=O)=O)nc(N2CCC3(CN(C(=O)OC(C)(C)C)C3)C2)c1F. The molecule has 1 aromatic carbocycles. The van der Waals surface area contributed by atoms with Crippen molar-refractivity contribution < 1.29 is 22.3 Å². The molecule has 36 heavy (non-hydrogen) atoms. The van der Waals surface area contributed by atoms with E-state index in [0.717, 1.165) is 18.2 Å². The van der Waals surface area contributed by atoms with Crippen molar-refractivity contribution in [3.63, 3.8) is 0 Å². The molecule has 0 radical (unpaired) electrons. The quantitative estimate of drug-likeness (QED) is 0.526. The molecule has 5 rings (SSSR count). The Morgan fingerprint density at radius 2 is 1.92 bits per heavy atom. The number of nitrogens with zero attached hydrogens (tertiary/aromatic N) is 5. The van der Waals surface area contributed by atoms with E-state index in [4.69, 9.17) is 4.74 Å². The van der Waals surface area contributed by atoms with E-state index in [2.05, 4.69) is 20.2 Å². The van der Waals surface area contributed by atoms with Crippen LogP contribution in [0.15, 0.2) is 23.5 Å². The highest BCUT2D eigenvalue weighted by Gasteiger charge is 2.51. The molecule has 0 saturated carbocycles. The molecule has 1 N–H and O–H groups in total. The van der Waals surface area contributed by atoms with Gasteiger partial charge < -0.3 is 14.5 Å². The number of nitrogens with one attached hydrogen (secondary N) is 1. The number of aryl methyl sites for hydroxylation is 1. The van der Waals surface area contributed by atoms with Crippen LogP contribution in [0.5, 0.6) is 0 Å². The lowest BCUT2D eigenvalue weighted by molar-refractivity contribution is -0.0266. The molecule has 2 aliphatic heterocycles. The number of aromatic nitrogens is 4. The predicted molar refractivity (Wildman–Crippen MR) is 132 cm³/mol. The lowest BCUT2D eigenvalue weighted by atomic mass is 9.79. The fraction of sp³-hybridized carbons (Fsp3) is 0.500. The van der Waals surface area contributed by atoms with Crippen molar-refractivity contribution in [1.29, 1.82) is 0 Å². The monoisotopic (exact) mass is 516 g/mol. The van der Waals surface area contributed by atoms with Gasteiger partial charge in [-0.05, 0) is 45.7 Å². The van der Waals surface area contributed by atoms with Crippen molar-refractivity contribution in [2.24, 2.45) is 5.41 Å². The molecule has 12 heteroatoms. The van der Waals surface area contributed by atoms with Gasteiger partial charge in [-0.2, -0.15) is 10.1 Å². The number of halogens is 1. The summed E-state index contributed by atoms with van der Waals surface area (Å²) >= 11 is 0. The van der Waals surface area contributed by atoms with Crippen molar-refractivity contribution in [3.05, 3.63) is 29.7 Å². The van der Waals surface area contributed by atoms with Crippen molar-refractivity contribution in [2.75, 3.05) is 37.3 Å². The number of anilines is 1. The highest BCUT2D eigenvalue weighted by molar-refractivity contribution is 7.90. The van der Waals surface area contributed by atoms with Gasteiger partial charge in [0.1, 0.15) is 11.3 Å². The van der Waals surface area contributed by atoms with Crippen LogP contribution in [0.4, 0.5) is 15.0 Å². The largest absolute Gasteiger partial charge is 0.444 e. The summed E-state index contributed by atoms with van der Waals surface area (Å²) in [6.07, 6.45) is 2.93. The number of H-pyrrole nitrogens is 1. The Labute approximate surface area is 208 Å². The van der Waals surface area contributed by atoms with Crippen LogP contribution in [-0.2, 0) is 14.6 Å². The molecule has 0 atom stereocenters. The Bertz CT molecular complexity index is 1470. The molecule has 2 saturated heterocycles. The van der Waals surface area contributed by atoms with Crippen LogP contribution in [0.25, 0.3) is 22.2 Å². The average molecular weight is 517 g/mol. The summed E-state index contributed by atoms with van der Waals surface area (Å²) in [4.78, 5) is 24.1. The van der Waals surface area contributed by atoms with E-state index in [-0.39, 0.29) is 23.0 Å². The van der Waals surface area contributed by atoms with Gasteiger partial charge in [-0.1, -0.05) is 6.07 Å². The first-order valence-corrected chi connectivity index (χ1v) is 13.6. The van der Waals surface area contributed by atoms with Gasteiger partial charge >= 0.3 is 6.09 Å². The highest BCUT2D eigenvalue weighted by Crippen LogP contribution is 2.43. The molecule has 2 aromatic heterocycles. The standard InChI is InChI=1S/C24H29FN6O4S/c1-14-6-7-16-15(10-26-29-16)17(14)19-18(25)20(28-21(27-19)36(5,33)34)30-9-8-24(11-30)12-31(13-24)22(32)35-23(2,3)4/h6-7,10H,8-9,11-13H2,1-5H3,(H,26,29). The first kappa shape index (κ1) is 24.4. The van der Waals surface area contributed by atoms with Gasteiger partial charge in [-0.15, -0.1) is 0 Å². The number of hydrogen-bond acceptors (Lipinski definition) is 8. The average Bonchev–Trinajstić information content (AvgIpc) is 3.38. The van der Waals surface area contributed by atoms with Gasteiger partial charge in [0.25, 0.3) is 0 Å². The summed E-state index contributed by atoms with van der Waals surface area (Å²) in [5, 5.41) is 7.12. The van der Waals surface area contributed by atoms with Crippen molar-refractivity contribution in [3.8, 4) is 11.3 Å². The molecule has 0 unspecified atom stereocenters. The number of fused-ring (bicyclic) bond motifs is 1. The molecule has 4 heterocycles. The number of benzene rings is 1. The second-order valence-electron chi connectivity index (χ2n) is 10.9. The maximum absolute atomic E-state index is 16.1. The zero-order valence-electron chi connectivity index (χ0n) is 20.9. The molecule has 10 nitrogen and oxygen atoms in total. The maximum atomic E-state index is 16.1. The summed E-state index contributed by atoms with van der Waals surface area (Å²) in [6.45, 7) is 9.17. The normalized spacial score (nSPS) is 17.6. The Balaban J connectivity index is 1.50. The predicted octanol–water partition coefficient (Wildman–Crippen LogP) is 3.32. The topological polar surface area (TPSA) is 121 Å². The summed E-state index contributed by atoms with van der Waals surface area (Å²) in [5.74, 6) is -0.729.